The molecule has 0 radical (unpaired) electrons. The van der Waals surface area contributed by atoms with Gasteiger partial charge in [-0.05, 0) is 30.2 Å². The Morgan fingerprint density at radius 3 is 2.00 bits per heavy atom. The maximum atomic E-state index is 12.8. The zero-order chi connectivity index (χ0) is 18.2. The normalized spacial score (nSPS) is 10.5. The fourth-order valence-electron chi connectivity index (χ4n) is 2.76. The van der Waals surface area contributed by atoms with E-state index in [1.165, 1.54) is 0 Å². The van der Waals surface area contributed by atoms with Gasteiger partial charge in [0.25, 0.3) is 0 Å². The molecule has 0 saturated carbocycles. The quantitative estimate of drug-likeness (QED) is 0.645. The number of nitrogens with one attached hydrogen (secondary N) is 2. The van der Waals surface area contributed by atoms with Gasteiger partial charge in [0.15, 0.2) is 0 Å². The lowest BCUT2D eigenvalue weighted by atomic mass is 9.90. The first-order valence-electron chi connectivity index (χ1n) is 8.66. The number of benzene rings is 2. The first-order chi connectivity index (χ1) is 12.7. The second kappa shape index (κ2) is 8.76. The fraction of sp³-hybridized carbons (Fsp3) is 0.190. The number of anilines is 1. The smallest absolute Gasteiger partial charge is 0.232 e. The van der Waals surface area contributed by atoms with E-state index < -0.39 is 0 Å². The van der Waals surface area contributed by atoms with Crippen LogP contribution < -0.4 is 10.6 Å². The second-order valence-electron chi connectivity index (χ2n) is 6.03. The third kappa shape index (κ3) is 4.66. The van der Waals surface area contributed by atoms with Crippen molar-refractivity contribution in [3.8, 4) is 0 Å². The van der Waals surface area contributed by atoms with Crippen molar-refractivity contribution in [3.05, 3.63) is 89.6 Å². The Hall–Kier alpha value is -3.21. The minimum absolute atomic E-state index is 0.0146. The molecule has 3 rings (SSSR count). The van der Waals surface area contributed by atoms with E-state index in [0.29, 0.717) is 18.9 Å². The van der Waals surface area contributed by atoms with E-state index >= 15 is 0 Å². The lowest BCUT2D eigenvalue weighted by Crippen LogP contribution is -2.33. The molecule has 2 N–H and O–H groups in total. The SMILES string of the molecule is Cc1ccc(NCCNC(=O)C(c2ccccc2)c2ccccc2)nn1. The van der Waals surface area contributed by atoms with E-state index in [9.17, 15) is 4.79 Å². The van der Waals surface area contributed by atoms with E-state index in [0.717, 1.165) is 16.8 Å². The molecule has 0 fully saturated rings. The summed E-state index contributed by atoms with van der Waals surface area (Å²) in [4.78, 5) is 12.8. The van der Waals surface area contributed by atoms with Crippen LogP contribution >= 0.6 is 0 Å². The zero-order valence-electron chi connectivity index (χ0n) is 14.7. The summed E-state index contributed by atoms with van der Waals surface area (Å²) in [6.45, 7) is 2.98. The highest BCUT2D eigenvalue weighted by Crippen LogP contribution is 2.24. The van der Waals surface area contributed by atoms with Gasteiger partial charge in [0, 0.05) is 13.1 Å². The van der Waals surface area contributed by atoms with Crippen LogP contribution in [0.5, 0.6) is 0 Å². The van der Waals surface area contributed by atoms with Gasteiger partial charge in [0.1, 0.15) is 5.82 Å². The summed E-state index contributed by atoms with van der Waals surface area (Å²) in [5, 5.41) is 14.2. The van der Waals surface area contributed by atoms with Gasteiger partial charge in [-0.2, -0.15) is 5.10 Å². The van der Waals surface area contributed by atoms with Crippen LogP contribution in [0.15, 0.2) is 72.8 Å². The summed E-state index contributed by atoms with van der Waals surface area (Å²) in [7, 11) is 0. The topological polar surface area (TPSA) is 66.9 Å². The van der Waals surface area contributed by atoms with E-state index in [2.05, 4.69) is 20.8 Å². The molecule has 132 valence electrons. The number of carbonyl (C=O) groups is 1. The monoisotopic (exact) mass is 346 g/mol. The molecule has 5 heteroatoms. The van der Waals surface area contributed by atoms with Crippen molar-refractivity contribution in [2.45, 2.75) is 12.8 Å². The Labute approximate surface area is 153 Å². The van der Waals surface area contributed by atoms with Crippen molar-refractivity contribution in [1.29, 1.82) is 0 Å². The van der Waals surface area contributed by atoms with Gasteiger partial charge in [0.2, 0.25) is 5.91 Å². The van der Waals surface area contributed by atoms with Crippen LogP contribution in [0.1, 0.15) is 22.7 Å². The molecule has 0 unspecified atom stereocenters. The number of amides is 1. The first-order valence-corrected chi connectivity index (χ1v) is 8.66. The van der Waals surface area contributed by atoms with Crippen LogP contribution in [0, 0.1) is 6.92 Å². The lowest BCUT2D eigenvalue weighted by molar-refractivity contribution is -0.121. The number of aromatic nitrogens is 2. The Kier molecular flexibility index (Phi) is 5.93. The molecule has 0 aliphatic rings. The Balaban J connectivity index is 1.62. The maximum Gasteiger partial charge on any atom is 0.232 e. The van der Waals surface area contributed by atoms with Gasteiger partial charge >= 0.3 is 0 Å². The summed E-state index contributed by atoms with van der Waals surface area (Å²) >= 11 is 0. The molecule has 0 aliphatic carbocycles. The van der Waals surface area contributed by atoms with E-state index in [1.54, 1.807) is 0 Å². The summed E-state index contributed by atoms with van der Waals surface area (Å²) in [5.41, 5.74) is 2.83. The van der Waals surface area contributed by atoms with E-state index in [4.69, 9.17) is 0 Å². The number of aryl methyl sites for hydroxylation is 1. The van der Waals surface area contributed by atoms with Crippen molar-refractivity contribution in [3.63, 3.8) is 0 Å². The molecule has 1 heterocycles. The van der Waals surface area contributed by atoms with Crippen LogP contribution in [0.2, 0.25) is 0 Å². The lowest BCUT2D eigenvalue weighted by Gasteiger charge is -2.18. The van der Waals surface area contributed by atoms with Crippen molar-refractivity contribution < 1.29 is 4.79 Å². The molecular weight excluding hydrogens is 324 g/mol. The second-order valence-corrected chi connectivity index (χ2v) is 6.03. The predicted molar refractivity (Wildman–Crippen MR) is 103 cm³/mol. The molecule has 1 amide bonds. The highest BCUT2D eigenvalue weighted by atomic mass is 16.1. The zero-order valence-corrected chi connectivity index (χ0v) is 14.7. The van der Waals surface area contributed by atoms with Gasteiger partial charge in [-0.15, -0.1) is 5.10 Å². The summed E-state index contributed by atoms with van der Waals surface area (Å²) < 4.78 is 0. The Bertz CT molecular complexity index is 780. The average Bonchev–Trinajstić information content (AvgIpc) is 2.68. The van der Waals surface area contributed by atoms with Crippen molar-refractivity contribution in [2.75, 3.05) is 18.4 Å². The van der Waals surface area contributed by atoms with E-state index in [-0.39, 0.29) is 11.8 Å². The molecule has 26 heavy (non-hydrogen) atoms. The summed E-state index contributed by atoms with van der Waals surface area (Å²) in [6.07, 6.45) is 0. The summed E-state index contributed by atoms with van der Waals surface area (Å²) in [6, 6.07) is 23.4. The van der Waals surface area contributed by atoms with Crippen LogP contribution in [0.3, 0.4) is 0 Å². The third-order valence-corrected chi connectivity index (χ3v) is 4.06. The summed E-state index contributed by atoms with van der Waals surface area (Å²) in [5.74, 6) is 0.364. The fourth-order valence-corrected chi connectivity index (χ4v) is 2.76. The molecular formula is C21H22N4O. The largest absolute Gasteiger partial charge is 0.367 e. The number of nitrogens with zero attached hydrogens (tertiary/aromatic N) is 2. The van der Waals surface area contributed by atoms with Crippen LogP contribution in [0.25, 0.3) is 0 Å². The number of rotatable bonds is 7. The van der Waals surface area contributed by atoms with Gasteiger partial charge in [-0.1, -0.05) is 60.7 Å². The van der Waals surface area contributed by atoms with E-state index in [1.807, 2.05) is 79.7 Å². The molecule has 0 spiro atoms. The molecule has 5 nitrogen and oxygen atoms in total. The molecule has 3 aromatic rings. The van der Waals surface area contributed by atoms with Crippen LogP contribution in [-0.4, -0.2) is 29.2 Å². The molecule has 0 saturated heterocycles. The van der Waals surface area contributed by atoms with Crippen molar-refractivity contribution in [1.82, 2.24) is 15.5 Å². The average molecular weight is 346 g/mol. The van der Waals surface area contributed by atoms with Crippen LogP contribution in [-0.2, 0) is 4.79 Å². The van der Waals surface area contributed by atoms with Gasteiger partial charge < -0.3 is 10.6 Å². The van der Waals surface area contributed by atoms with Crippen molar-refractivity contribution >= 4 is 11.7 Å². The third-order valence-electron chi connectivity index (χ3n) is 4.06. The molecule has 0 atom stereocenters. The molecule has 0 aliphatic heterocycles. The highest BCUT2D eigenvalue weighted by Gasteiger charge is 2.21. The number of carbonyl (C=O) groups excluding carboxylic acids is 1. The Morgan fingerprint density at radius 2 is 1.46 bits per heavy atom. The van der Waals surface area contributed by atoms with Crippen LogP contribution in [0.4, 0.5) is 5.82 Å². The van der Waals surface area contributed by atoms with Gasteiger partial charge in [0.05, 0.1) is 11.6 Å². The minimum atomic E-state index is -0.323. The number of hydrogen-bond donors (Lipinski definition) is 2. The molecule has 1 aromatic heterocycles. The molecule has 2 aromatic carbocycles. The standard InChI is InChI=1S/C21H22N4O/c1-16-12-13-19(25-24-16)22-14-15-23-21(26)20(17-8-4-2-5-9-17)18-10-6-3-7-11-18/h2-13,20H,14-15H2,1H3,(H,22,25)(H,23,26). The van der Waals surface area contributed by atoms with Gasteiger partial charge in [-0.3, -0.25) is 4.79 Å². The maximum absolute atomic E-state index is 12.8. The Morgan fingerprint density at radius 1 is 0.846 bits per heavy atom. The number of hydrogen-bond acceptors (Lipinski definition) is 4. The van der Waals surface area contributed by atoms with Gasteiger partial charge in [-0.25, -0.2) is 0 Å². The van der Waals surface area contributed by atoms with Crippen molar-refractivity contribution in [2.24, 2.45) is 0 Å². The molecule has 0 bridgehead atoms. The first kappa shape index (κ1) is 17.6. The predicted octanol–water partition coefficient (Wildman–Crippen LogP) is 3.15. The minimum Gasteiger partial charge on any atom is -0.367 e. The highest BCUT2D eigenvalue weighted by molar-refractivity contribution is 5.87.